The summed E-state index contributed by atoms with van der Waals surface area (Å²) in [7, 11) is 0. The summed E-state index contributed by atoms with van der Waals surface area (Å²) < 4.78 is 0. The summed E-state index contributed by atoms with van der Waals surface area (Å²) >= 11 is 0. The molecule has 0 rings (SSSR count). The molecule has 0 bridgehead atoms. The van der Waals surface area contributed by atoms with E-state index in [2.05, 4.69) is 19.8 Å². The highest BCUT2D eigenvalue weighted by Gasteiger charge is 2.34. The summed E-state index contributed by atoms with van der Waals surface area (Å²) in [6, 6.07) is 0. The van der Waals surface area contributed by atoms with Crippen molar-refractivity contribution in [2.45, 2.75) is 40.5 Å². The third-order valence-corrected chi connectivity index (χ3v) is 2.50. The first-order valence-corrected chi connectivity index (χ1v) is 4.97. The van der Waals surface area contributed by atoms with Crippen LogP contribution in [0.15, 0.2) is 0 Å². The third-order valence-electron chi connectivity index (χ3n) is 2.50. The Morgan fingerprint density at radius 1 is 1.50 bits per heavy atom. The molecule has 0 saturated heterocycles. The van der Waals surface area contributed by atoms with Crippen molar-refractivity contribution in [3.8, 4) is 12.3 Å². The number of hydrogen-bond acceptors (Lipinski definition) is 1. The average molecular weight is 196 g/mol. The van der Waals surface area contributed by atoms with E-state index in [0.717, 1.165) is 6.42 Å². The Morgan fingerprint density at radius 2 is 2.00 bits per heavy atom. The highest BCUT2D eigenvalue weighted by atomic mass is 16.4. The number of hydrogen-bond donors (Lipinski definition) is 1. The Bertz CT molecular complexity index is 233. The molecule has 14 heavy (non-hydrogen) atoms. The van der Waals surface area contributed by atoms with Crippen molar-refractivity contribution >= 4 is 5.97 Å². The Morgan fingerprint density at radius 3 is 2.29 bits per heavy atom. The van der Waals surface area contributed by atoms with E-state index >= 15 is 0 Å². The molecule has 1 N–H and O–H groups in total. The van der Waals surface area contributed by atoms with Gasteiger partial charge in [-0.3, -0.25) is 4.79 Å². The summed E-state index contributed by atoms with van der Waals surface area (Å²) in [6.45, 7) is 8.14. The van der Waals surface area contributed by atoms with Crippen molar-refractivity contribution < 1.29 is 9.90 Å². The fourth-order valence-corrected chi connectivity index (χ4v) is 2.01. The van der Waals surface area contributed by atoms with Gasteiger partial charge in [-0.1, -0.05) is 27.7 Å². The molecule has 0 spiro atoms. The van der Waals surface area contributed by atoms with Crippen LogP contribution in [0.2, 0.25) is 0 Å². The van der Waals surface area contributed by atoms with Crippen LogP contribution in [-0.2, 0) is 4.79 Å². The van der Waals surface area contributed by atoms with Gasteiger partial charge < -0.3 is 5.11 Å². The number of carboxylic acid groups (broad SMARTS) is 1. The molecule has 1 atom stereocenters. The zero-order valence-corrected chi connectivity index (χ0v) is 9.50. The maximum Gasteiger partial charge on any atom is 0.308 e. The van der Waals surface area contributed by atoms with E-state index in [1.807, 2.05) is 13.8 Å². The minimum absolute atomic E-state index is 0.230. The Kier molecular flexibility index (Phi) is 4.70. The fraction of sp³-hybridized carbons (Fsp3) is 0.750. The first kappa shape index (κ1) is 13.0. The highest BCUT2D eigenvalue weighted by molar-refractivity contribution is 5.71. The molecule has 0 heterocycles. The lowest BCUT2D eigenvalue weighted by molar-refractivity contribution is -0.146. The molecular weight excluding hydrogens is 176 g/mol. The number of aliphatic carboxylic acids is 1. The molecular formula is C12H20O2. The summed E-state index contributed by atoms with van der Waals surface area (Å²) in [5.41, 5.74) is -0.230. The van der Waals surface area contributed by atoms with E-state index in [1.54, 1.807) is 0 Å². The van der Waals surface area contributed by atoms with E-state index in [-0.39, 0.29) is 5.41 Å². The van der Waals surface area contributed by atoms with Crippen molar-refractivity contribution in [2.24, 2.45) is 17.3 Å². The van der Waals surface area contributed by atoms with Gasteiger partial charge in [-0.15, -0.1) is 12.3 Å². The van der Waals surface area contributed by atoms with Gasteiger partial charge in [0.15, 0.2) is 0 Å². The molecule has 0 aliphatic carbocycles. The van der Waals surface area contributed by atoms with Gasteiger partial charge in [-0.25, -0.2) is 0 Å². The highest BCUT2D eigenvalue weighted by Crippen LogP contribution is 2.35. The molecule has 0 aromatic heterocycles. The Hall–Kier alpha value is -0.970. The SMILES string of the molecule is C#CCC(C(=O)O)C(C)(C)CC(C)C. The van der Waals surface area contributed by atoms with Crippen LogP contribution >= 0.6 is 0 Å². The summed E-state index contributed by atoms with van der Waals surface area (Å²) in [4.78, 5) is 11.0. The van der Waals surface area contributed by atoms with Gasteiger partial charge in [-0.05, 0) is 17.8 Å². The average Bonchev–Trinajstić information content (AvgIpc) is 1.96. The van der Waals surface area contributed by atoms with Crippen LogP contribution < -0.4 is 0 Å². The summed E-state index contributed by atoms with van der Waals surface area (Å²) in [6.07, 6.45) is 6.38. The molecule has 2 nitrogen and oxygen atoms in total. The maximum absolute atomic E-state index is 11.0. The molecule has 0 amide bonds. The number of carbonyl (C=O) groups is 1. The van der Waals surface area contributed by atoms with Crippen LogP contribution in [0.3, 0.4) is 0 Å². The van der Waals surface area contributed by atoms with Gasteiger partial charge in [0.25, 0.3) is 0 Å². The standard InChI is InChI=1S/C12H20O2/c1-6-7-10(11(13)14)12(4,5)8-9(2)3/h1,9-10H,7-8H2,2-5H3,(H,13,14). The molecule has 2 heteroatoms. The van der Waals surface area contributed by atoms with Gasteiger partial charge in [0.05, 0.1) is 5.92 Å². The first-order chi connectivity index (χ1) is 6.31. The Labute approximate surface area is 86.7 Å². The van der Waals surface area contributed by atoms with E-state index in [4.69, 9.17) is 11.5 Å². The predicted octanol–water partition coefficient (Wildman–Crippen LogP) is 2.78. The van der Waals surface area contributed by atoms with Crippen molar-refractivity contribution in [3.05, 3.63) is 0 Å². The lowest BCUT2D eigenvalue weighted by Crippen LogP contribution is -2.32. The van der Waals surface area contributed by atoms with Crippen LogP contribution in [0, 0.1) is 29.6 Å². The second kappa shape index (κ2) is 5.05. The van der Waals surface area contributed by atoms with Gasteiger partial charge in [0, 0.05) is 6.42 Å². The topological polar surface area (TPSA) is 37.3 Å². The number of rotatable bonds is 5. The smallest absolute Gasteiger partial charge is 0.308 e. The fourth-order valence-electron chi connectivity index (χ4n) is 2.01. The van der Waals surface area contributed by atoms with Gasteiger partial charge in [0.1, 0.15) is 0 Å². The molecule has 0 saturated carbocycles. The second-order valence-electron chi connectivity index (χ2n) is 4.89. The van der Waals surface area contributed by atoms with Crippen molar-refractivity contribution in [3.63, 3.8) is 0 Å². The molecule has 0 aliphatic rings. The minimum Gasteiger partial charge on any atom is -0.481 e. The zero-order valence-electron chi connectivity index (χ0n) is 9.50. The second-order valence-corrected chi connectivity index (χ2v) is 4.89. The van der Waals surface area contributed by atoms with E-state index in [9.17, 15) is 4.79 Å². The van der Waals surface area contributed by atoms with Crippen LogP contribution in [0.1, 0.15) is 40.5 Å². The van der Waals surface area contributed by atoms with Gasteiger partial charge >= 0.3 is 5.97 Å². The van der Waals surface area contributed by atoms with Crippen LogP contribution in [-0.4, -0.2) is 11.1 Å². The molecule has 0 aliphatic heterocycles. The van der Waals surface area contributed by atoms with E-state index in [1.165, 1.54) is 0 Å². The largest absolute Gasteiger partial charge is 0.481 e. The van der Waals surface area contributed by atoms with Gasteiger partial charge in [-0.2, -0.15) is 0 Å². The molecule has 0 fully saturated rings. The quantitative estimate of drug-likeness (QED) is 0.686. The molecule has 0 aromatic rings. The Balaban J connectivity index is 4.63. The minimum atomic E-state index is -0.784. The predicted molar refractivity (Wildman–Crippen MR) is 57.8 cm³/mol. The van der Waals surface area contributed by atoms with E-state index < -0.39 is 11.9 Å². The normalized spacial score (nSPS) is 13.7. The molecule has 1 unspecified atom stereocenters. The lowest BCUT2D eigenvalue weighted by atomic mass is 9.72. The van der Waals surface area contributed by atoms with Crippen LogP contribution in [0.25, 0.3) is 0 Å². The third kappa shape index (κ3) is 3.83. The zero-order chi connectivity index (χ0) is 11.4. The molecule has 80 valence electrons. The lowest BCUT2D eigenvalue weighted by Gasteiger charge is -2.32. The van der Waals surface area contributed by atoms with Gasteiger partial charge in [0.2, 0.25) is 0 Å². The maximum atomic E-state index is 11.0. The van der Waals surface area contributed by atoms with Crippen molar-refractivity contribution in [1.29, 1.82) is 0 Å². The number of terminal acetylenes is 1. The van der Waals surface area contributed by atoms with Crippen LogP contribution in [0.5, 0.6) is 0 Å². The van der Waals surface area contributed by atoms with E-state index in [0.29, 0.717) is 12.3 Å². The summed E-state index contributed by atoms with van der Waals surface area (Å²) in [5.74, 6) is 1.72. The molecule has 0 radical (unpaired) electrons. The monoisotopic (exact) mass is 196 g/mol. The van der Waals surface area contributed by atoms with Crippen molar-refractivity contribution in [2.75, 3.05) is 0 Å². The first-order valence-electron chi connectivity index (χ1n) is 4.97. The van der Waals surface area contributed by atoms with Crippen LogP contribution in [0.4, 0.5) is 0 Å². The number of carboxylic acids is 1. The van der Waals surface area contributed by atoms with Crippen molar-refractivity contribution in [1.82, 2.24) is 0 Å². The molecule has 0 aromatic carbocycles. The summed E-state index contributed by atoms with van der Waals surface area (Å²) in [5, 5.41) is 9.06.